The molecule has 2 aliphatic rings. The minimum atomic E-state index is -4.76. The molecule has 2 aromatic carbocycles. The van der Waals surface area contributed by atoms with Gasteiger partial charge in [0.2, 0.25) is 5.91 Å². The van der Waals surface area contributed by atoms with Crippen molar-refractivity contribution in [2.45, 2.75) is 37.6 Å². The molecule has 12 heteroatoms. The van der Waals surface area contributed by atoms with Crippen LogP contribution in [0.4, 0.5) is 28.0 Å². The van der Waals surface area contributed by atoms with Gasteiger partial charge in [0.15, 0.2) is 5.54 Å². The van der Waals surface area contributed by atoms with Gasteiger partial charge in [-0.15, -0.1) is 0 Å². The Morgan fingerprint density at radius 1 is 1.19 bits per heavy atom. The molecular weight excluding hydrogens is 548 g/mol. The molecule has 0 bridgehead atoms. The summed E-state index contributed by atoms with van der Waals surface area (Å²) in [6.07, 6.45) is -4.53. The molecule has 36 heavy (non-hydrogen) atoms. The number of urea groups is 1. The van der Waals surface area contributed by atoms with Crippen LogP contribution < -0.4 is 10.2 Å². The number of hydrogen-bond donors (Lipinski definition) is 1. The molecule has 0 aliphatic carbocycles. The number of nitrogens with zero attached hydrogens (tertiary/aromatic N) is 3. The van der Waals surface area contributed by atoms with Gasteiger partial charge in [0.1, 0.15) is 18.4 Å². The van der Waals surface area contributed by atoms with E-state index in [0.717, 1.165) is 23.5 Å². The summed E-state index contributed by atoms with van der Waals surface area (Å²) in [6.45, 7) is -0.0924. The van der Waals surface area contributed by atoms with Crippen LogP contribution in [0.25, 0.3) is 0 Å². The Balaban J connectivity index is 1.62. The SMILES string of the molecule is C[C@H](N(Cc1ccc(F)cc1)C(=O)CN1C(=O)NC2(CCN(C)c3cc(Br)ccc32)C1=O)C(F)(F)F. The molecule has 2 aromatic rings. The molecule has 2 atom stereocenters. The Hall–Kier alpha value is -3.15. The van der Waals surface area contributed by atoms with Crippen molar-refractivity contribution in [2.75, 3.05) is 25.0 Å². The van der Waals surface area contributed by atoms with E-state index in [9.17, 15) is 31.9 Å². The van der Waals surface area contributed by atoms with Crippen LogP contribution in [0, 0.1) is 5.82 Å². The highest BCUT2D eigenvalue weighted by molar-refractivity contribution is 9.10. The van der Waals surface area contributed by atoms with E-state index in [1.54, 1.807) is 18.2 Å². The van der Waals surface area contributed by atoms with E-state index in [0.29, 0.717) is 27.6 Å². The summed E-state index contributed by atoms with van der Waals surface area (Å²) in [4.78, 5) is 42.7. The van der Waals surface area contributed by atoms with Gasteiger partial charge >= 0.3 is 12.2 Å². The van der Waals surface area contributed by atoms with Crippen molar-refractivity contribution < 1.29 is 31.9 Å². The van der Waals surface area contributed by atoms with Gasteiger partial charge < -0.3 is 15.1 Å². The zero-order valence-corrected chi connectivity index (χ0v) is 21.0. The molecule has 0 saturated carbocycles. The van der Waals surface area contributed by atoms with Gasteiger partial charge in [-0.2, -0.15) is 13.2 Å². The third-order valence-corrected chi connectivity index (χ3v) is 7.14. The van der Waals surface area contributed by atoms with Crippen LogP contribution in [-0.2, 0) is 21.7 Å². The van der Waals surface area contributed by atoms with Crippen molar-refractivity contribution in [3.63, 3.8) is 0 Å². The maximum absolute atomic E-state index is 13.6. The van der Waals surface area contributed by atoms with Gasteiger partial charge in [0.25, 0.3) is 5.91 Å². The molecular formula is C24H23BrF4N4O3. The van der Waals surface area contributed by atoms with Crippen molar-refractivity contribution in [1.29, 1.82) is 0 Å². The van der Waals surface area contributed by atoms with Crippen LogP contribution in [0.1, 0.15) is 24.5 Å². The molecule has 1 spiro atoms. The molecule has 0 radical (unpaired) electrons. The lowest BCUT2D eigenvalue weighted by atomic mass is 9.82. The maximum Gasteiger partial charge on any atom is 0.408 e. The Morgan fingerprint density at radius 3 is 2.50 bits per heavy atom. The van der Waals surface area contributed by atoms with Gasteiger partial charge in [-0.25, -0.2) is 9.18 Å². The molecule has 2 aliphatic heterocycles. The summed E-state index contributed by atoms with van der Waals surface area (Å²) in [5.74, 6) is -2.33. The summed E-state index contributed by atoms with van der Waals surface area (Å²) in [7, 11) is 1.84. The third-order valence-electron chi connectivity index (χ3n) is 6.65. The lowest BCUT2D eigenvalue weighted by Crippen LogP contribution is -2.52. The van der Waals surface area contributed by atoms with Gasteiger partial charge in [-0.1, -0.05) is 34.1 Å². The lowest BCUT2D eigenvalue weighted by molar-refractivity contribution is -0.187. The van der Waals surface area contributed by atoms with Crippen molar-refractivity contribution in [1.82, 2.24) is 15.1 Å². The highest BCUT2D eigenvalue weighted by Crippen LogP contribution is 2.42. The number of imide groups is 1. The minimum absolute atomic E-state index is 0.228. The maximum atomic E-state index is 13.6. The fourth-order valence-corrected chi connectivity index (χ4v) is 4.87. The second kappa shape index (κ2) is 9.38. The molecule has 0 aromatic heterocycles. The zero-order chi connectivity index (χ0) is 26.4. The number of rotatable bonds is 5. The first-order valence-corrected chi connectivity index (χ1v) is 11.9. The fourth-order valence-electron chi connectivity index (χ4n) is 4.52. The monoisotopic (exact) mass is 570 g/mol. The van der Waals surface area contributed by atoms with Crippen LogP contribution >= 0.6 is 15.9 Å². The number of hydrogen-bond acceptors (Lipinski definition) is 4. The number of benzene rings is 2. The lowest BCUT2D eigenvalue weighted by Gasteiger charge is -2.38. The van der Waals surface area contributed by atoms with Crippen LogP contribution in [0.5, 0.6) is 0 Å². The fraction of sp³-hybridized carbons (Fsp3) is 0.375. The number of anilines is 1. The first kappa shape index (κ1) is 25.9. The molecule has 4 amide bonds. The van der Waals surface area contributed by atoms with Crippen LogP contribution in [0.3, 0.4) is 0 Å². The van der Waals surface area contributed by atoms with Gasteiger partial charge in [0.05, 0.1) is 0 Å². The van der Waals surface area contributed by atoms with E-state index in [1.807, 2.05) is 11.9 Å². The average molecular weight is 571 g/mol. The Labute approximate surface area is 213 Å². The highest BCUT2D eigenvalue weighted by Gasteiger charge is 2.55. The van der Waals surface area contributed by atoms with Gasteiger partial charge in [-0.3, -0.25) is 14.5 Å². The van der Waals surface area contributed by atoms with Gasteiger partial charge in [0, 0.05) is 42.3 Å². The van der Waals surface area contributed by atoms with E-state index in [2.05, 4.69) is 21.2 Å². The number of carbonyl (C=O) groups is 3. The summed E-state index contributed by atoms with van der Waals surface area (Å²) in [5.41, 5.74) is 0.0992. The molecule has 1 N–H and O–H groups in total. The number of alkyl halides is 3. The quantitative estimate of drug-likeness (QED) is 0.433. The number of carbonyl (C=O) groups excluding carboxylic acids is 3. The van der Waals surface area contributed by atoms with E-state index < -0.39 is 54.5 Å². The first-order valence-electron chi connectivity index (χ1n) is 11.1. The normalized spacial score (nSPS) is 20.4. The second-order valence-electron chi connectivity index (χ2n) is 8.93. The molecule has 1 saturated heterocycles. The molecule has 2 heterocycles. The Bertz CT molecular complexity index is 1210. The molecule has 4 rings (SSSR count). The Kier molecular flexibility index (Phi) is 6.76. The van der Waals surface area contributed by atoms with E-state index in [1.165, 1.54) is 12.1 Å². The molecule has 1 fully saturated rings. The molecule has 7 nitrogen and oxygen atoms in total. The van der Waals surface area contributed by atoms with Gasteiger partial charge in [-0.05, 0) is 36.8 Å². The Morgan fingerprint density at radius 2 is 1.86 bits per heavy atom. The van der Waals surface area contributed by atoms with Crippen molar-refractivity contribution in [3.8, 4) is 0 Å². The minimum Gasteiger partial charge on any atom is -0.374 e. The van der Waals surface area contributed by atoms with Crippen LogP contribution in [0.15, 0.2) is 46.9 Å². The second-order valence-corrected chi connectivity index (χ2v) is 9.84. The summed E-state index contributed by atoms with van der Waals surface area (Å²) >= 11 is 3.39. The van der Waals surface area contributed by atoms with Crippen LogP contribution in [0.2, 0.25) is 0 Å². The number of amides is 4. The highest BCUT2D eigenvalue weighted by atomic mass is 79.9. The third kappa shape index (κ3) is 4.65. The standard InChI is InChI=1S/C24H23BrF4N4O3/c1-14(24(27,28)29)32(12-15-3-6-17(26)7-4-15)20(34)13-33-21(35)23(30-22(33)36)9-10-31(2)19-11-16(25)5-8-18(19)23/h3-8,11,14H,9-10,12-13H2,1-2H3,(H,30,36)/t14-,23?/m0/s1. The van der Waals surface area contributed by atoms with E-state index in [-0.39, 0.29) is 12.0 Å². The molecule has 192 valence electrons. The van der Waals surface area contributed by atoms with Crippen molar-refractivity contribution in [3.05, 3.63) is 63.9 Å². The molecule has 1 unspecified atom stereocenters. The number of fused-ring (bicyclic) bond motifs is 2. The van der Waals surface area contributed by atoms with E-state index >= 15 is 0 Å². The van der Waals surface area contributed by atoms with Crippen molar-refractivity contribution in [2.24, 2.45) is 0 Å². The largest absolute Gasteiger partial charge is 0.408 e. The average Bonchev–Trinajstić information content (AvgIpc) is 3.05. The summed E-state index contributed by atoms with van der Waals surface area (Å²) in [5, 5.41) is 2.69. The van der Waals surface area contributed by atoms with E-state index in [4.69, 9.17) is 0 Å². The smallest absolute Gasteiger partial charge is 0.374 e. The first-order chi connectivity index (χ1) is 16.8. The number of nitrogens with one attached hydrogen (secondary N) is 1. The predicted octanol–water partition coefficient (Wildman–Crippen LogP) is 4.15. The van der Waals surface area contributed by atoms with Crippen molar-refractivity contribution >= 4 is 39.5 Å². The summed E-state index contributed by atoms with van der Waals surface area (Å²) < 4.78 is 54.8. The number of halogens is 5. The zero-order valence-electron chi connectivity index (χ0n) is 19.4. The topological polar surface area (TPSA) is 73.0 Å². The summed E-state index contributed by atoms with van der Waals surface area (Å²) in [6, 6.07) is 6.87. The van der Waals surface area contributed by atoms with Crippen LogP contribution in [-0.4, -0.2) is 60.0 Å². The predicted molar refractivity (Wildman–Crippen MR) is 126 cm³/mol.